The van der Waals surface area contributed by atoms with E-state index in [0.29, 0.717) is 15.7 Å². The Hall–Kier alpha value is -2.05. The summed E-state index contributed by atoms with van der Waals surface area (Å²) in [6, 6.07) is 13.2. The number of carbonyl (C=O) groups excluding carboxylic acids is 1. The summed E-state index contributed by atoms with van der Waals surface area (Å²) in [6.07, 6.45) is 8.23. The number of halogens is 4. The molecule has 0 unspecified atom stereocenters. The monoisotopic (exact) mass is 488 g/mol. The van der Waals surface area contributed by atoms with Gasteiger partial charge in [-0.15, -0.1) is 0 Å². The summed E-state index contributed by atoms with van der Waals surface area (Å²) in [7, 11) is 7.36. The minimum atomic E-state index is -0.205. The molecule has 9 heteroatoms. The van der Waals surface area contributed by atoms with Gasteiger partial charge < -0.3 is 35.0 Å². The Bertz CT molecular complexity index is 889. The maximum absolute atomic E-state index is 11.2. The molecule has 0 saturated heterocycles. The molecule has 162 valence electrons. The van der Waals surface area contributed by atoms with Crippen LogP contribution in [0.4, 0.5) is 10.5 Å². The summed E-state index contributed by atoms with van der Waals surface area (Å²) >= 11 is 11.5. The topological polar surface area (TPSA) is 40.1 Å². The molecular weight excluding hydrogens is 466 g/mol. The highest BCUT2D eigenvalue weighted by Crippen LogP contribution is 2.25. The largest absolute Gasteiger partial charge is 1.00 e. The Morgan fingerprint density at radius 1 is 0.800 bits per heavy atom. The third kappa shape index (κ3) is 8.76. The van der Waals surface area contributed by atoms with Crippen molar-refractivity contribution in [2.45, 2.75) is 0 Å². The van der Waals surface area contributed by atoms with Crippen LogP contribution in [-0.4, -0.2) is 25.0 Å². The lowest BCUT2D eigenvalue weighted by molar-refractivity contribution is -0.671. The Labute approximate surface area is 200 Å². The van der Waals surface area contributed by atoms with Crippen molar-refractivity contribution in [3.8, 4) is 11.1 Å². The molecule has 5 nitrogen and oxygen atoms in total. The first-order chi connectivity index (χ1) is 13.3. The quantitative estimate of drug-likeness (QED) is 0.420. The number of anilines is 1. The number of benzene rings is 1. The molecule has 0 fully saturated rings. The average Bonchev–Trinajstić information content (AvgIpc) is 2.66. The molecule has 0 spiro atoms. The number of hydrogen-bond donors (Lipinski definition) is 1. The second kappa shape index (κ2) is 13.3. The van der Waals surface area contributed by atoms with Crippen molar-refractivity contribution in [2.24, 2.45) is 14.1 Å². The fourth-order valence-electron chi connectivity index (χ4n) is 2.20. The second-order valence-corrected chi connectivity index (χ2v) is 7.27. The van der Waals surface area contributed by atoms with Gasteiger partial charge in [0.15, 0.2) is 24.8 Å². The van der Waals surface area contributed by atoms with Crippen LogP contribution >= 0.6 is 23.2 Å². The second-order valence-electron chi connectivity index (χ2n) is 6.46. The lowest BCUT2D eigenvalue weighted by Gasteiger charge is -2.12. The molecule has 2 amide bonds. The minimum Gasteiger partial charge on any atom is -1.00 e. The van der Waals surface area contributed by atoms with Crippen molar-refractivity contribution in [2.75, 3.05) is 19.4 Å². The summed E-state index contributed by atoms with van der Waals surface area (Å²) in [6.45, 7) is 0. The van der Waals surface area contributed by atoms with Crippen LogP contribution in [0.3, 0.4) is 0 Å². The predicted octanol–water partition coefficient (Wildman–Crippen LogP) is -1.90. The number of rotatable bonds is 2. The van der Waals surface area contributed by atoms with Gasteiger partial charge in [0.2, 0.25) is 0 Å². The highest BCUT2D eigenvalue weighted by Gasteiger charge is 2.05. The third-order valence-corrected chi connectivity index (χ3v) is 4.61. The summed E-state index contributed by atoms with van der Waals surface area (Å²) in [5.41, 5.74) is 3.13. The van der Waals surface area contributed by atoms with E-state index in [0.717, 1.165) is 0 Å². The molecule has 0 bridgehead atoms. The number of aromatic nitrogens is 2. The van der Waals surface area contributed by atoms with E-state index in [1.54, 1.807) is 32.3 Å². The highest BCUT2D eigenvalue weighted by atomic mass is 35.5. The van der Waals surface area contributed by atoms with Crippen LogP contribution in [0.15, 0.2) is 67.3 Å². The molecule has 0 radical (unpaired) electrons. The van der Waals surface area contributed by atoms with Gasteiger partial charge in [0.05, 0.1) is 10.0 Å². The molecule has 2 heterocycles. The molecular formula is C21H24Cl4N4O. The number of nitrogens with zero attached hydrogens (tertiary/aromatic N) is 3. The SMILES string of the molecule is CN(C)C(=O)Nc1ccc(Cl)c(Cl)c1.C[n+]1ccc(-c2cc[n+](C)cc2)cc1.[Cl-].[Cl-]. The van der Waals surface area contributed by atoms with Crippen LogP contribution in [0, 0.1) is 0 Å². The minimum absolute atomic E-state index is 0. The number of pyridine rings is 2. The van der Waals surface area contributed by atoms with E-state index in [-0.39, 0.29) is 30.8 Å². The molecule has 3 rings (SSSR count). The predicted molar refractivity (Wildman–Crippen MR) is 113 cm³/mol. The van der Waals surface area contributed by atoms with Gasteiger partial charge in [0, 0.05) is 44.0 Å². The molecule has 0 aliphatic carbocycles. The fourth-order valence-corrected chi connectivity index (χ4v) is 2.49. The Morgan fingerprint density at radius 3 is 1.60 bits per heavy atom. The molecule has 0 saturated carbocycles. The number of urea groups is 1. The number of hydrogen-bond acceptors (Lipinski definition) is 1. The van der Waals surface area contributed by atoms with Crippen LogP contribution in [0.2, 0.25) is 10.0 Å². The Kier molecular flexibility index (Phi) is 12.4. The van der Waals surface area contributed by atoms with Crippen LogP contribution in [0.1, 0.15) is 0 Å². The Balaban J connectivity index is 0.000000526. The third-order valence-electron chi connectivity index (χ3n) is 3.87. The molecule has 2 aromatic heterocycles. The zero-order chi connectivity index (χ0) is 20.7. The maximum Gasteiger partial charge on any atom is 0.321 e. The van der Waals surface area contributed by atoms with Gasteiger partial charge in [-0.05, 0) is 29.3 Å². The van der Waals surface area contributed by atoms with E-state index < -0.39 is 0 Å². The number of carbonyl (C=O) groups is 1. The number of amides is 2. The summed E-state index contributed by atoms with van der Waals surface area (Å²) in [4.78, 5) is 12.7. The molecule has 3 aromatic rings. The van der Waals surface area contributed by atoms with Gasteiger partial charge >= 0.3 is 6.03 Å². The van der Waals surface area contributed by atoms with Crippen molar-refractivity contribution < 1.29 is 38.7 Å². The van der Waals surface area contributed by atoms with Crippen LogP contribution in [0.5, 0.6) is 0 Å². The number of nitrogens with one attached hydrogen (secondary N) is 1. The smallest absolute Gasteiger partial charge is 0.321 e. The zero-order valence-corrected chi connectivity index (χ0v) is 20.1. The van der Waals surface area contributed by atoms with Crippen molar-refractivity contribution in [3.63, 3.8) is 0 Å². The standard InChI is InChI=1S/C12H14N2.C9H10Cl2N2O.2ClH/c1-13-7-3-11(4-8-13)12-5-9-14(2)10-6-12;1-13(2)9(14)12-6-3-4-7(10)8(11)5-6;;/h3-10H,1-2H3;3-5H,1-2H3,(H,12,14);2*1H/q+2;;;/p-2. The van der Waals surface area contributed by atoms with Crippen LogP contribution in [-0.2, 0) is 14.1 Å². The van der Waals surface area contributed by atoms with Gasteiger partial charge in [-0.25, -0.2) is 13.9 Å². The lowest BCUT2D eigenvalue weighted by Crippen LogP contribution is -3.00. The first kappa shape index (κ1) is 28.0. The fraction of sp³-hybridized carbons (Fsp3) is 0.190. The molecule has 1 aromatic carbocycles. The van der Waals surface area contributed by atoms with Crippen LogP contribution < -0.4 is 39.3 Å². The van der Waals surface area contributed by atoms with Gasteiger partial charge in [-0.3, -0.25) is 0 Å². The van der Waals surface area contributed by atoms with E-state index in [1.165, 1.54) is 16.0 Å². The molecule has 1 N–H and O–H groups in total. The first-order valence-electron chi connectivity index (χ1n) is 8.60. The van der Waals surface area contributed by atoms with E-state index in [4.69, 9.17) is 23.2 Å². The van der Waals surface area contributed by atoms with E-state index in [1.807, 2.05) is 23.2 Å². The Morgan fingerprint density at radius 2 is 1.23 bits per heavy atom. The van der Waals surface area contributed by atoms with E-state index in [2.05, 4.69) is 54.4 Å². The van der Waals surface area contributed by atoms with E-state index >= 15 is 0 Å². The van der Waals surface area contributed by atoms with Crippen molar-refractivity contribution >= 4 is 34.9 Å². The molecule has 0 atom stereocenters. The molecule has 0 aliphatic rings. The first-order valence-corrected chi connectivity index (χ1v) is 9.36. The van der Waals surface area contributed by atoms with Crippen molar-refractivity contribution in [1.82, 2.24) is 4.90 Å². The van der Waals surface area contributed by atoms with Crippen molar-refractivity contribution in [1.29, 1.82) is 0 Å². The van der Waals surface area contributed by atoms with Gasteiger partial charge in [0.25, 0.3) is 0 Å². The van der Waals surface area contributed by atoms with Gasteiger partial charge in [0.1, 0.15) is 14.1 Å². The summed E-state index contributed by atoms with van der Waals surface area (Å²) in [5.74, 6) is 0. The van der Waals surface area contributed by atoms with Gasteiger partial charge in [-0.2, -0.15) is 0 Å². The van der Waals surface area contributed by atoms with E-state index in [9.17, 15) is 4.79 Å². The average molecular weight is 490 g/mol. The summed E-state index contributed by atoms with van der Waals surface area (Å²) in [5, 5.41) is 3.54. The van der Waals surface area contributed by atoms with Gasteiger partial charge in [-0.1, -0.05) is 23.2 Å². The van der Waals surface area contributed by atoms with Crippen LogP contribution in [0.25, 0.3) is 11.1 Å². The lowest BCUT2D eigenvalue weighted by atomic mass is 10.1. The zero-order valence-electron chi connectivity index (χ0n) is 17.1. The summed E-state index contributed by atoms with van der Waals surface area (Å²) < 4.78 is 4.07. The highest BCUT2D eigenvalue weighted by molar-refractivity contribution is 6.42. The van der Waals surface area contributed by atoms with Crippen molar-refractivity contribution in [3.05, 3.63) is 77.3 Å². The molecule has 0 aliphatic heterocycles. The number of aryl methyl sites for hydroxylation is 2. The normalized spacial score (nSPS) is 9.27. The maximum atomic E-state index is 11.2. The molecule has 30 heavy (non-hydrogen) atoms.